The maximum atomic E-state index is 9.41. The highest BCUT2D eigenvalue weighted by Crippen LogP contribution is 2.29. The van der Waals surface area contributed by atoms with Crippen molar-refractivity contribution in [3.05, 3.63) is 61.0 Å². The first kappa shape index (κ1) is 15.2. The van der Waals surface area contributed by atoms with Gasteiger partial charge < -0.3 is 0 Å². The number of benzene rings is 1. The minimum Gasteiger partial charge on any atom is -0.235 e. The number of nitrogens with zero attached hydrogens (tertiary/aromatic N) is 2. The average Bonchev–Trinajstić information content (AvgIpc) is 3.15. The molecular formula is C17H11BrN2S2. The molecule has 2 nitrogen and oxygen atoms in total. The number of rotatable bonds is 3. The van der Waals surface area contributed by atoms with Crippen molar-refractivity contribution < 1.29 is 0 Å². The molecule has 0 saturated carbocycles. The number of thiophene rings is 1. The standard InChI is InChI=1S/C17H11BrN2S2/c1-11-6-15(21-9-11)7-13(8-19)17-20-16(10-22-17)12-2-4-14(18)5-3-12/h2-7,9-10H,1H3. The molecular weight excluding hydrogens is 376 g/mol. The lowest BCUT2D eigenvalue weighted by Crippen LogP contribution is -1.82. The summed E-state index contributed by atoms with van der Waals surface area (Å²) in [5.74, 6) is 0. The van der Waals surface area contributed by atoms with E-state index in [1.807, 2.05) is 35.7 Å². The highest BCUT2D eigenvalue weighted by Gasteiger charge is 2.09. The second-order valence-electron chi connectivity index (χ2n) is 4.74. The van der Waals surface area contributed by atoms with Gasteiger partial charge in [0.15, 0.2) is 0 Å². The first-order valence-corrected chi connectivity index (χ1v) is 9.10. The van der Waals surface area contributed by atoms with Crippen molar-refractivity contribution in [3.63, 3.8) is 0 Å². The van der Waals surface area contributed by atoms with Gasteiger partial charge in [0.25, 0.3) is 0 Å². The lowest BCUT2D eigenvalue weighted by molar-refractivity contribution is 1.37. The monoisotopic (exact) mass is 386 g/mol. The summed E-state index contributed by atoms with van der Waals surface area (Å²) in [6.45, 7) is 2.05. The van der Waals surface area contributed by atoms with Crippen LogP contribution in [-0.4, -0.2) is 4.98 Å². The molecule has 0 atom stereocenters. The van der Waals surface area contributed by atoms with Crippen LogP contribution < -0.4 is 0 Å². The summed E-state index contributed by atoms with van der Waals surface area (Å²) in [6, 6.07) is 12.3. The molecule has 0 aliphatic rings. The van der Waals surface area contributed by atoms with Crippen LogP contribution in [0.5, 0.6) is 0 Å². The molecule has 2 aromatic heterocycles. The van der Waals surface area contributed by atoms with E-state index in [0.29, 0.717) is 5.57 Å². The zero-order valence-corrected chi connectivity index (χ0v) is 14.9. The highest BCUT2D eigenvalue weighted by atomic mass is 79.9. The van der Waals surface area contributed by atoms with Crippen molar-refractivity contribution in [2.75, 3.05) is 0 Å². The van der Waals surface area contributed by atoms with E-state index in [1.165, 1.54) is 16.9 Å². The van der Waals surface area contributed by atoms with Gasteiger partial charge in [0, 0.05) is 20.3 Å². The Kier molecular flexibility index (Phi) is 4.53. The van der Waals surface area contributed by atoms with Crippen LogP contribution in [0.3, 0.4) is 0 Å². The van der Waals surface area contributed by atoms with Gasteiger partial charge >= 0.3 is 0 Å². The summed E-state index contributed by atoms with van der Waals surface area (Å²) >= 11 is 6.56. The fourth-order valence-electron chi connectivity index (χ4n) is 1.96. The van der Waals surface area contributed by atoms with Crippen LogP contribution in [0.1, 0.15) is 15.4 Å². The number of allylic oxidation sites excluding steroid dienone is 1. The quantitative estimate of drug-likeness (QED) is 0.517. The Morgan fingerprint density at radius 1 is 1.23 bits per heavy atom. The van der Waals surface area contributed by atoms with Gasteiger partial charge in [0.05, 0.1) is 11.3 Å². The first-order valence-electron chi connectivity index (χ1n) is 6.54. The SMILES string of the molecule is Cc1csc(C=C(C#N)c2nc(-c3ccc(Br)cc3)cs2)c1. The van der Waals surface area contributed by atoms with Crippen LogP contribution in [0, 0.1) is 18.3 Å². The second-order valence-corrected chi connectivity index (χ2v) is 7.46. The Labute approximate surface area is 145 Å². The predicted octanol–water partition coefficient (Wildman–Crippen LogP) is 6.01. The Hall–Kier alpha value is -1.74. The number of aromatic nitrogens is 1. The molecule has 0 bridgehead atoms. The van der Waals surface area contributed by atoms with Gasteiger partial charge in [-0.2, -0.15) is 5.26 Å². The Bertz CT molecular complexity index is 867. The number of thiazole rings is 1. The van der Waals surface area contributed by atoms with Gasteiger partial charge in [0.2, 0.25) is 0 Å². The maximum absolute atomic E-state index is 9.41. The Morgan fingerprint density at radius 3 is 2.64 bits per heavy atom. The summed E-state index contributed by atoms with van der Waals surface area (Å²) in [5, 5.41) is 14.2. The summed E-state index contributed by atoms with van der Waals surface area (Å²) in [7, 11) is 0. The first-order chi connectivity index (χ1) is 10.7. The van der Waals surface area contributed by atoms with Gasteiger partial charge in [0.1, 0.15) is 11.1 Å². The number of aryl methyl sites for hydroxylation is 1. The van der Waals surface area contributed by atoms with Gasteiger partial charge in [-0.25, -0.2) is 4.98 Å². The molecule has 0 spiro atoms. The predicted molar refractivity (Wildman–Crippen MR) is 97.8 cm³/mol. The molecule has 1 aromatic carbocycles. The molecule has 3 aromatic rings. The fourth-order valence-corrected chi connectivity index (χ4v) is 3.85. The van der Waals surface area contributed by atoms with Crippen molar-refractivity contribution >= 4 is 50.3 Å². The van der Waals surface area contributed by atoms with E-state index in [4.69, 9.17) is 0 Å². The molecule has 22 heavy (non-hydrogen) atoms. The lowest BCUT2D eigenvalue weighted by atomic mass is 10.2. The van der Waals surface area contributed by atoms with Crippen LogP contribution in [-0.2, 0) is 0 Å². The molecule has 0 radical (unpaired) electrons. The van der Waals surface area contributed by atoms with E-state index in [1.54, 1.807) is 11.3 Å². The van der Waals surface area contributed by atoms with Gasteiger partial charge in [-0.15, -0.1) is 22.7 Å². The maximum Gasteiger partial charge on any atom is 0.134 e. The summed E-state index contributed by atoms with van der Waals surface area (Å²) in [5.41, 5.74) is 3.77. The third-order valence-electron chi connectivity index (χ3n) is 3.03. The van der Waals surface area contributed by atoms with Gasteiger partial charge in [-0.3, -0.25) is 0 Å². The molecule has 0 saturated heterocycles. The van der Waals surface area contributed by atoms with Gasteiger partial charge in [-0.1, -0.05) is 28.1 Å². The molecule has 0 aliphatic heterocycles. The van der Waals surface area contributed by atoms with Gasteiger partial charge in [-0.05, 0) is 42.1 Å². The molecule has 0 amide bonds. The fraction of sp³-hybridized carbons (Fsp3) is 0.0588. The molecule has 5 heteroatoms. The topological polar surface area (TPSA) is 36.7 Å². The summed E-state index contributed by atoms with van der Waals surface area (Å²) in [6.07, 6.45) is 1.90. The average molecular weight is 387 g/mol. The number of hydrogen-bond donors (Lipinski definition) is 0. The van der Waals surface area contributed by atoms with Crippen LogP contribution in [0.15, 0.2) is 45.6 Å². The van der Waals surface area contributed by atoms with Crippen LogP contribution in [0.2, 0.25) is 0 Å². The summed E-state index contributed by atoms with van der Waals surface area (Å²) < 4.78 is 1.04. The van der Waals surface area contributed by atoms with Crippen LogP contribution in [0.25, 0.3) is 22.9 Å². The van der Waals surface area contributed by atoms with Crippen molar-refractivity contribution in [2.45, 2.75) is 6.92 Å². The molecule has 3 rings (SSSR count). The number of nitriles is 1. The molecule has 0 N–H and O–H groups in total. The third kappa shape index (κ3) is 3.36. The van der Waals surface area contributed by atoms with E-state index < -0.39 is 0 Å². The minimum atomic E-state index is 0.607. The highest BCUT2D eigenvalue weighted by molar-refractivity contribution is 9.10. The van der Waals surface area contributed by atoms with Crippen molar-refractivity contribution in [1.82, 2.24) is 4.98 Å². The summed E-state index contributed by atoms with van der Waals surface area (Å²) in [4.78, 5) is 5.68. The van der Waals surface area contributed by atoms with Crippen molar-refractivity contribution in [3.8, 4) is 17.3 Å². The van der Waals surface area contributed by atoms with E-state index in [9.17, 15) is 5.26 Å². The van der Waals surface area contributed by atoms with E-state index in [-0.39, 0.29) is 0 Å². The van der Waals surface area contributed by atoms with E-state index in [2.05, 4.69) is 45.4 Å². The number of halogens is 1. The van der Waals surface area contributed by atoms with E-state index in [0.717, 1.165) is 25.6 Å². The number of hydrogen-bond acceptors (Lipinski definition) is 4. The van der Waals surface area contributed by atoms with Crippen LogP contribution >= 0.6 is 38.6 Å². The minimum absolute atomic E-state index is 0.607. The Balaban J connectivity index is 1.93. The smallest absolute Gasteiger partial charge is 0.134 e. The lowest BCUT2D eigenvalue weighted by Gasteiger charge is -1.96. The van der Waals surface area contributed by atoms with Crippen molar-refractivity contribution in [1.29, 1.82) is 5.26 Å². The zero-order valence-electron chi connectivity index (χ0n) is 11.7. The van der Waals surface area contributed by atoms with Crippen molar-refractivity contribution in [2.24, 2.45) is 0 Å². The second kappa shape index (κ2) is 6.57. The molecule has 0 aliphatic carbocycles. The zero-order chi connectivity index (χ0) is 15.5. The van der Waals surface area contributed by atoms with Crippen LogP contribution in [0.4, 0.5) is 0 Å². The molecule has 0 fully saturated rings. The molecule has 2 heterocycles. The molecule has 108 valence electrons. The normalized spacial score (nSPS) is 11.4. The Morgan fingerprint density at radius 2 is 2.00 bits per heavy atom. The molecule has 0 unspecified atom stereocenters. The third-order valence-corrected chi connectivity index (χ3v) is 5.43. The largest absolute Gasteiger partial charge is 0.235 e. The van der Waals surface area contributed by atoms with E-state index >= 15 is 0 Å².